The second kappa shape index (κ2) is 7.23. The van der Waals surface area contributed by atoms with E-state index >= 15 is 0 Å². The highest BCUT2D eigenvalue weighted by Crippen LogP contribution is 2.33. The maximum Gasteiger partial charge on any atom is 0.292 e. The molecule has 0 aliphatic carbocycles. The van der Waals surface area contributed by atoms with Crippen LogP contribution in [0.3, 0.4) is 0 Å². The van der Waals surface area contributed by atoms with E-state index in [4.69, 9.17) is 0 Å². The molecular formula is C19H26N4O3. The van der Waals surface area contributed by atoms with Crippen molar-refractivity contribution in [2.24, 2.45) is 5.92 Å². The molecule has 2 bridgehead atoms. The average molecular weight is 358 g/mol. The van der Waals surface area contributed by atoms with E-state index in [0.29, 0.717) is 56.3 Å². The van der Waals surface area contributed by atoms with E-state index < -0.39 is 0 Å². The predicted molar refractivity (Wildman–Crippen MR) is 99.2 cm³/mol. The van der Waals surface area contributed by atoms with Crippen LogP contribution in [0, 0.1) is 16.0 Å². The van der Waals surface area contributed by atoms with Gasteiger partial charge in [-0.3, -0.25) is 14.9 Å². The highest BCUT2D eigenvalue weighted by Gasteiger charge is 2.35. The monoisotopic (exact) mass is 358 g/mol. The summed E-state index contributed by atoms with van der Waals surface area (Å²) in [5.74, 6) is 0.757. The van der Waals surface area contributed by atoms with Crippen LogP contribution in [0.5, 0.6) is 0 Å². The van der Waals surface area contributed by atoms with Gasteiger partial charge in [-0.1, -0.05) is 12.1 Å². The topological polar surface area (TPSA) is 78.7 Å². The Morgan fingerprint density at radius 2 is 1.77 bits per heavy atom. The number of nitrogens with zero attached hydrogens (tertiary/aromatic N) is 3. The van der Waals surface area contributed by atoms with Crippen molar-refractivity contribution < 1.29 is 9.72 Å². The molecule has 3 aliphatic rings. The van der Waals surface area contributed by atoms with Crippen LogP contribution in [-0.2, 0) is 4.79 Å². The first-order valence-electron chi connectivity index (χ1n) is 9.62. The molecule has 2 unspecified atom stereocenters. The molecule has 7 heteroatoms. The van der Waals surface area contributed by atoms with Gasteiger partial charge in [-0.05, 0) is 37.7 Å². The molecule has 0 spiro atoms. The molecule has 1 aromatic rings. The van der Waals surface area contributed by atoms with Crippen LogP contribution in [0.4, 0.5) is 11.4 Å². The normalized spacial score (nSPS) is 28.2. The number of nitro groups is 1. The number of piperidine rings is 1. The molecule has 0 radical (unpaired) electrons. The van der Waals surface area contributed by atoms with Crippen LogP contribution >= 0.6 is 0 Å². The Bertz CT molecular complexity index is 675. The Balaban J connectivity index is 1.32. The Morgan fingerprint density at radius 3 is 2.42 bits per heavy atom. The molecule has 0 saturated carbocycles. The van der Waals surface area contributed by atoms with E-state index in [1.165, 1.54) is 18.9 Å². The summed E-state index contributed by atoms with van der Waals surface area (Å²) in [5.41, 5.74) is 0.789. The number of hydrogen-bond donors (Lipinski definition) is 1. The average Bonchev–Trinajstić information content (AvgIpc) is 3.00. The van der Waals surface area contributed by atoms with Gasteiger partial charge >= 0.3 is 0 Å². The van der Waals surface area contributed by atoms with E-state index in [0.717, 1.165) is 12.8 Å². The van der Waals surface area contributed by atoms with E-state index in [1.807, 2.05) is 15.9 Å². The van der Waals surface area contributed by atoms with Gasteiger partial charge in [-0.2, -0.15) is 0 Å². The molecule has 3 fully saturated rings. The Morgan fingerprint density at radius 1 is 1.12 bits per heavy atom. The fourth-order valence-electron chi connectivity index (χ4n) is 4.80. The summed E-state index contributed by atoms with van der Waals surface area (Å²) < 4.78 is 0. The number of rotatable bonds is 4. The van der Waals surface area contributed by atoms with Gasteiger partial charge in [0.05, 0.1) is 4.92 Å². The summed E-state index contributed by atoms with van der Waals surface area (Å²) in [7, 11) is 0. The number of nitro benzene ring substituents is 1. The first-order valence-corrected chi connectivity index (χ1v) is 9.62. The van der Waals surface area contributed by atoms with E-state index in [-0.39, 0.29) is 16.5 Å². The Hall–Kier alpha value is -2.15. The van der Waals surface area contributed by atoms with Crippen molar-refractivity contribution in [3.05, 3.63) is 34.4 Å². The van der Waals surface area contributed by atoms with Gasteiger partial charge in [0.25, 0.3) is 5.69 Å². The molecule has 7 nitrogen and oxygen atoms in total. The molecule has 2 atom stereocenters. The third kappa shape index (κ3) is 3.53. The van der Waals surface area contributed by atoms with Crippen LogP contribution < -0.4 is 10.2 Å². The number of amides is 1. The second-order valence-corrected chi connectivity index (χ2v) is 7.79. The molecule has 3 aliphatic heterocycles. The molecule has 4 rings (SSSR count). The molecule has 140 valence electrons. The van der Waals surface area contributed by atoms with Gasteiger partial charge < -0.3 is 15.1 Å². The number of carbonyl (C=O) groups excluding carboxylic acids is 1. The van der Waals surface area contributed by atoms with Gasteiger partial charge in [0.15, 0.2) is 0 Å². The summed E-state index contributed by atoms with van der Waals surface area (Å²) in [6.45, 7) is 2.58. The van der Waals surface area contributed by atoms with Crippen LogP contribution in [0.15, 0.2) is 24.3 Å². The maximum atomic E-state index is 12.7. The van der Waals surface area contributed by atoms with Gasteiger partial charge in [0.2, 0.25) is 5.91 Å². The number of hydrogen-bond acceptors (Lipinski definition) is 5. The van der Waals surface area contributed by atoms with Crippen LogP contribution in [-0.4, -0.2) is 54.0 Å². The molecule has 0 aromatic heterocycles. The zero-order valence-corrected chi connectivity index (χ0v) is 15.0. The van der Waals surface area contributed by atoms with Crippen molar-refractivity contribution in [2.45, 2.75) is 44.2 Å². The number of para-hydroxylation sites is 2. The largest absolute Gasteiger partial charge is 0.362 e. The van der Waals surface area contributed by atoms with Crippen molar-refractivity contribution in [3.8, 4) is 0 Å². The Labute approximate surface area is 153 Å². The SMILES string of the molecule is O=C(CC1CC2CCC(C1)N2)N1CCN(c2ccccc2[N+](=O)[O-])CC1. The van der Waals surface area contributed by atoms with Crippen molar-refractivity contribution in [3.63, 3.8) is 0 Å². The van der Waals surface area contributed by atoms with E-state index in [2.05, 4.69) is 5.32 Å². The van der Waals surface area contributed by atoms with Crippen LogP contribution in [0.1, 0.15) is 32.1 Å². The summed E-state index contributed by atoms with van der Waals surface area (Å²) in [5, 5.41) is 14.9. The van der Waals surface area contributed by atoms with Gasteiger partial charge in [0.1, 0.15) is 5.69 Å². The lowest BCUT2D eigenvalue weighted by Crippen LogP contribution is -2.49. The first kappa shape index (κ1) is 17.3. The molecule has 1 amide bonds. The lowest BCUT2D eigenvalue weighted by Gasteiger charge is -2.37. The summed E-state index contributed by atoms with van der Waals surface area (Å²) in [6.07, 6.45) is 5.41. The predicted octanol–water partition coefficient (Wildman–Crippen LogP) is 2.16. The van der Waals surface area contributed by atoms with Gasteiger partial charge in [0, 0.05) is 50.7 Å². The molecule has 1 aromatic carbocycles. The van der Waals surface area contributed by atoms with Crippen molar-refractivity contribution in [1.29, 1.82) is 0 Å². The molecule has 3 heterocycles. The lowest BCUT2D eigenvalue weighted by molar-refractivity contribution is -0.384. The molecular weight excluding hydrogens is 332 g/mol. The third-order valence-electron chi connectivity index (χ3n) is 6.09. The van der Waals surface area contributed by atoms with E-state index in [9.17, 15) is 14.9 Å². The quantitative estimate of drug-likeness (QED) is 0.659. The molecule has 1 N–H and O–H groups in total. The number of nitrogens with one attached hydrogen (secondary N) is 1. The maximum absolute atomic E-state index is 12.7. The second-order valence-electron chi connectivity index (χ2n) is 7.79. The Kier molecular flexibility index (Phi) is 4.80. The minimum absolute atomic E-state index is 0.137. The summed E-state index contributed by atoms with van der Waals surface area (Å²) in [4.78, 5) is 27.5. The minimum atomic E-state index is -0.335. The smallest absolute Gasteiger partial charge is 0.292 e. The number of fused-ring (bicyclic) bond motifs is 2. The van der Waals surface area contributed by atoms with Crippen molar-refractivity contribution in [1.82, 2.24) is 10.2 Å². The highest BCUT2D eigenvalue weighted by molar-refractivity contribution is 5.77. The lowest BCUT2D eigenvalue weighted by atomic mass is 9.89. The van der Waals surface area contributed by atoms with Gasteiger partial charge in [-0.15, -0.1) is 0 Å². The van der Waals surface area contributed by atoms with Crippen LogP contribution in [0.25, 0.3) is 0 Å². The molecule has 26 heavy (non-hydrogen) atoms. The summed E-state index contributed by atoms with van der Waals surface area (Å²) in [6, 6.07) is 8.07. The highest BCUT2D eigenvalue weighted by atomic mass is 16.6. The number of benzene rings is 1. The van der Waals surface area contributed by atoms with Crippen LogP contribution in [0.2, 0.25) is 0 Å². The summed E-state index contributed by atoms with van der Waals surface area (Å²) >= 11 is 0. The van der Waals surface area contributed by atoms with E-state index in [1.54, 1.807) is 12.1 Å². The van der Waals surface area contributed by atoms with Crippen molar-refractivity contribution in [2.75, 3.05) is 31.1 Å². The fraction of sp³-hybridized carbons (Fsp3) is 0.632. The fourth-order valence-corrected chi connectivity index (χ4v) is 4.80. The third-order valence-corrected chi connectivity index (χ3v) is 6.09. The minimum Gasteiger partial charge on any atom is -0.362 e. The zero-order valence-electron chi connectivity index (χ0n) is 15.0. The number of carbonyl (C=O) groups is 1. The van der Waals surface area contributed by atoms with Gasteiger partial charge in [-0.25, -0.2) is 0 Å². The number of piperazine rings is 1. The zero-order chi connectivity index (χ0) is 18.1. The molecule has 3 saturated heterocycles. The standard InChI is InChI=1S/C19H26N4O3/c24-19(13-14-11-15-5-6-16(12-14)20-15)22-9-7-21(8-10-22)17-3-1-2-4-18(17)23(25)26/h1-4,14-16,20H,5-13H2. The van der Waals surface area contributed by atoms with Crippen molar-refractivity contribution >= 4 is 17.3 Å². The first-order chi connectivity index (χ1) is 12.6. The number of anilines is 1.